The number of hydrogen-bond acceptors (Lipinski definition) is 3. The summed E-state index contributed by atoms with van der Waals surface area (Å²) in [7, 11) is 0. The quantitative estimate of drug-likeness (QED) is 0.936. The van der Waals surface area contributed by atoms with Crippen LogP contribution in [0, 0.1) is 5.82 Å². The third-order valence-corrected chi connectivity index (χ3v) is 3.99. The zero-order valence-corrected chi connectivity index (χ0v) is 11.7. The van der Waals surface area contributed by atoms with Gasteiger partial charge in [0.05, 0.1) is 6.67 Å². The number of aromatic amines is 1. The molecule has 1 aromatic heterocycles. The summed E-state index contributed by atoms with van der Waals surface area (Å²) < 4.78 is 12.9. The molecule has 0 unspecified atom stereocenters. The zero-order chi connectivity index (χ0) is 14.2. The predicted molar refractivity (Wildman–Crippen MR) is 79.0 cm³/mol. The summed E-state index contributed by atoms with van der Waals surface area (Å²) in [6.45, 7) is 1.54. The minimum Gasteiger partial charge on any atom is -0.354 e. The fraction of sp³-hybridized carbons (Fsp3) is 0.312. The molecule has 2 aromatic rings. The van der Waals surface area contributed by atoms with Crippen LogP contribution in [0.4, 0.5) is 10.2 Å². The average molecular weight is 284 g/mol. The lowest BCUT2D eigenvalue weighted by Gasteiger charge is -2.19. The number of rotatable bonds is 4. The van der Waals surface area contributed by atoms with Crippen molar-refractivity contribution >= 4 is 5.82 Å². The van der Waals surface area contributed by atoms with E-state index in [9.17, 15) is 4.39 Å². The van der Waals surface area contributed by atoms with Crippen LogP contribution >= 0.6 is 0 Å². The van der Waals surface area contributed by atoms with Gasteiger partial charge in [-0.1, -0.05) is 12.1 Å². The van der Waals surface area contributed by atoms with Crippen molar-refractivity contribution < 1.29 is 4.39 Å². The van der Waals surface area contributed by atoms with Gasteiger partial charge in [-0.15, -0.1) is 0 Å². The molecular weight excluding hydrogens is 267 g/mol. The van der Waals surface area contributed by atoms with Gasteiger partial charge in [0.2, 0.25) is 0 Å². The second kappa shape index (κ2) is 4.91. The average Bonchev–Trinajstić information content (AvgIpc) is 3.04. The maximum absolute atomic E-state index is 12.9. The topological polar surface area (TPSA) is 35.2 Å². The molecule has 1 aromatic carbocycles. The van der Waals surface area contributed by atoms with Crippen LogP contribution in [0.1, 0.15) is 30.0 Å². The van der Waals surface area contributed by atoms with E-state index in [-0.39, 0.29) is 5.82 Å². The molecule has 21 heavy (non-hydrogen) atoms. The highest BCUT2D eigenvalue weighted by molar-refractivity contribution is 5.45. The molecule has 4 nitrogen and oxygen atoms in total. The van der Waals surface area contributed by atoms with Crippen LogP contribution in [0.15, 0.2) is 42.7 Å². The summed E-state index contributed by atoms with van der Waals surface area (Å²) in [5.41, 5.74) is 2.35. The minimum absolute atomic E-state index is 0.193. The van der Waals surface area contributed by atoms with Gasteiger partial charge >= 0.3 is 0 Å². The lowest BCUT2D eigenvalue weighted by molar-refractivity contribution is 0.399. The zero-order valence-electron chi connectivity index (χ0n) is 11.7. The Hall–Kier alpha value is -2.30. The highest BCUT2D eigenvalue weighted by Crippen LogP contribution is 2.40. The van der Waals surface area contributed by atoms with E-state index >= 15 is 0 Å². The second-order valence-corrected chi connectivity index (χ2v) is 5.74. The molecule has 1 saturated carbocycles. The van der Waals surface area contributed by atoms with E-state index in [2.05, 4.69) is 32.3 Å². The first-order chi connectivity index (χ1) is 10.3. The smallest absolute Gasteiger partial charge is 0.156 e. The molecule has 0 spiro atoms. The number of halogens is 1. The van der Waals surface area contributed by atoms with Crippen molar-refractivity contribution in [3.63, 3.8) is 0 Å². The first-order valence-corrected chi connectivity index (χ1v) is 7.27. The summed E-state index contributed by atoms with van der Waals surface area (Å²) in [5, 5.41) is 7.52. The van der Waals surface area contributed by atoms with E-state index in [0.29, 0.717) is 5.92 Å². The molecule has 5 heteroatoms. The highest BCUT2D eigenvalue weighted by Gasteiger charge is 2.26. The highest BCUT2D eigenvalue weighted by atomic mass is 19.1. The lowest BCUT2D eigenvalue weighted by Crippen LogP contribution is -2.24. The van der Waals surface area contributed by atoms with Crippen molar-refractivity contribution in [2.75, 3.05) is 11.6 Å². The van der Waals surface area contributed by atoms with Crippen LogP contribution in [0.2, 0.25) is 0 Å². The van der Waals surface area contributed by atoms with E-state index in [4.69, 9.17) is 0 Å². The van der Waals surface area contributed by atoms with Crippen LogP contribution in [0.25, 0.3) is 0 Å². The molecule has 1 aliphatic heterocycles. The Morgan fingerprint density at radius 1 is 1.19 bits per heavy atom. The SMILES string of the molecule is Fc1ccc(CN2C=CN(c3cc(C4CC4)[nH]n3)C2)cc1. The standard InChI is InChI=1S/C16H17FN4/c17-14-5-1-12(2-6-14)10-20-7-8-21(11-20)16-9-15(18-19-16)13-3-4-13/h1-2,5-9,13H,3-4,10-11H2,(H,18,19). The van der Waals surface area contributed by atoms with Gasteiger partial charge in [0.25, 0.3) is 0 Å². The molecular formula is C16H17FN4. The van der Waals surface area contributed by atoms with Gasteiger partial charge in [0.1, 0.15) is 5.82 Å². The van der Waals surface area contributed by atoms with Gasteiger partial charge in [0.15, 0.2) is 5.82 Å². The molecule has 0 atom stereocenters. The van der Waals surface area contributed by atoms with E-state index in [1.807, 2.05) is 18.3 Å². The largest absolute Gasteiger partial charge is 0.354 e. The Morgan fingerprint density at radius 2 is 2.00 bits per heavy atom. The van der Waals surface area contributed by atoms with E-state index in [1.165, 1.54) is 30.7 Å². The molecule has 0 bridgehead atoms. The van der Waals surface area contributed by atoms with Crippen molar-refractivity contribution in [3.8, 4) is 0 Å². The Morgan fingerprint density at radius 3 is 2.76 bits per heavy atom. The summed E-state index contributed by atoms with van der Waals surface area (Å²) in [6.07, 6.45) is 6.63. The normalized spacial score (nSPS) is 17.8. The molecule has 0 amide bonds. The van der Waals surface area contributed by atoms with Crippen LogP contribution in [0.3, 0.4) is 0 Å². The first-order valence-electron chi connectivity index (χ1n) is 7.27. The fourth-order valence-corrected chi connectivity index (χ4v) is 2.62. The van der Waals surface area contributed by atoms with Crippen molar-refractivity contribution in [1.82, 2.24) is 15.1 Å². The third kappa shape index (κ3) is 2.63. The molecule has 2 heterocycles. The van der Waals surface area contributed by atoms with Crippen molar-refractivity contribution in [1.29, 1.82) is 0 Å². The summed E-state index contributed by atoms with van der Waals surface area (Å²) in [6, 6.07) is 8.80. The van der Waals surface area contributed by atoms with E-state index in [0.717, 1.165) is 24.6 Å². The Kier molecular flexibility index (Phi) is 2.91. The minimum atomic E-state index is -0.193. The van der Waals surface area contributed by atoms with Crippen molar-refractivity contribution in [3.05, 3.63) is 59.8 Å². The van der Waals surface area contributed by atoms with E-state index < -0.39 is 0 Å². The number of hydrogen-bond donors (Lipinski definition) is 1. The molecule has 108 valence electrons. The van der Waals surface area contributed by atoms with Crippen molar-refractivity contribution in [2.24, 2.45) is 0 Å². The maximum atomic E-state index is 12.9. The number of nitrogens with zero attached hydrogens (tertiary/aromatic N) is 3. The van der Waals surface area contributed by atoms with Crippen molar-refractivity contribution in [2.45, 2.75) is 25.3 Å². The molecule has 0 saturated heterocycles. The number of nitrogens with one attached hydrogen (secondary N) is 1. The van der Waals surface area contributed by atoms with Crippen LogP contribution < -0.4 is 4.90 Å². The fourth-order valence-electron chi connectivity index (χ4n) is 2.62. The van der Waals surface area contributed by atoms with Gasteiger partial charge in [0, 0.05) is 36.6 Å². The molecule has 4 rings (SSSR count). The molecule has 2 aliphatic rings. The maximum Gasteiger partial charge on any atom is 0.156 e. The van der Waals surface area contributed by atoms with Crippen LogP contribution in [-0.4, -0.2) is 21.8 Å². The molecule has 1 aliphatic carbocycles. The summed E-state index contributed by atoms with van der Waals surface area (Å²) in [4.78, 5) is 4.30. The Bertz CT molecular complexity index is 657. The Balaban J connectivity index is 1.40. The van der Waals surface area contributed by atoms with Gasteiger partial charge < -0.3 is 9.80 Å². The van der Waals surface area contributed by atoms with Gasteiger partial charge in [-0.05, 0) is 30.5 Å². The third-order valence-electron chi connectivity index (χ3n) is 3.99. The van der Waals surface area contributed by atoms with Gasteiger partial charge in [-0.3, -0.25) is 5.10 Å². The van der Waals surface area contributed by atoms with Crippen LogP contribution in [-0.2, 0) is 6.54 Å². The van der Waals surface area contributed by atoms with Gasteiger partial charge in [-0.2, -0.15) is 5.10 Å². The molecule has 0 radical (unpaired) electrons. The monoisotopic (exact) mass is 284 g/mol. The predicted octanol–water partition coefficient (Wildman–Crippen LogP) is 3.18. The number of benzene rings is 1. The van der Waals surface area contributed by atoms with Gasteiger partial charge in [-0.25, -0.2) is 4.39 Å². The molecule has 1 N–H and O–H groups in total. The lowest BCUT2D eigenvalue weighted by atomic mass is 10.2. The van der Waals surface area contributed by atoms with E-state index in [1.54, 1.807) is 0 Å². The molecule has 1 fully saturated rings. The summed E-state index contributed by atoms with van der Waals surface area (Å²) >= 11 is 0. The second-order valence-electron chi connectivity index (χ2n) is 5.74. The summed E-state index contributed by atoms with van der Waals surface area (Å²) in [5.74, 6) is 1.46. The number of aromatic nitrogens is 2. The van der Waals surface area contributed by atoms with Crippen LogP contribution in [0.5, 0.6) is 0 Å². The Labute approximate surface area is 122 Å². The number of anilines is 1. The first kappa shape index (κ1) is 12.4. The number of H-pyrrole nitrogens is 1.